The molecule has 0 aromatic carbocycles. The average molecular weight is 402 g/mol. The number of carbonyl (C=O) groups excluding carboxylic acids is 2. The second-order valence-electron chi connectivity index (χ2n) is 8.46. The zero-order valence-corrected chi connectivity index (χ0v) is 17.5. The summed E-state index contributed by atoms with van der Waals surface area (Å²) in [5.74, 6) is -2.48. The van der Waals surface area contributed by atoms with Gasteiger partial charge in [0.05, 0.1) is 11.3 Å². The number of nitrogens with one attached hydrogen (secondary N) is 1. The molecule has 3 N–H and O–H groups in total. The number of aliphatic hydroxyl groups excluding tert-OH is 1. The number of carbonyl (C=O) groups is 3. The van der Waals surface area contributed by atoms with Crippen molar-refractivity contribution in [2.24, 2.45) is 11.3 Å². The molecule has 6 nitrogen and oxygen atoms in total. The zero-order chi connectivity index (χ0) is 21.8. The van der Waals surface area contributed by atoms with Gasteiger partial charge < -0.3 is 15.5 Å². The second kappa shape index (κ2) is 9.25. The van der Waals surface area contributed by atoms with E-state index in [0.29, 0.717) is 5.92 Å². The van der Waals surface area contributed by atoms with E-state index in [1.165, 1.54) is 18.4 Å². The van der Waals surface area contributed by atoms with Crippen molar-refractivity contribution in [2.45, 2.75) is 59.3 Å². The molecular formula is C23H31NO5. The van der Waals surface area contributed by atoms with Crippen LogP contribution in [0, 0.1) is 11.3 Å². The highest BCUT2D eigenvalue weighted by Crippen LogP contribution is 2.46. The molecule has 0 radical (unpaired) electrons. The van der Waals surface area contributed by atoms with E-state index in [1.54, 1.807) is 0 Å². The third kappa shape index (κ3) is 5.46. The molecule has 2 aliphatic rings. The van der Waals surface area contributed by atoms with Gasteiger partial charge in [-0.2, -0.15) is 0 Å². The van der Waals surface area contributed by atoms with Gasteiger partial charge in [0.2, 0.25) is 11.6 Å². The van der Waals surface area contributed by atoms with Gasteiger partial charge in [-0.3, -0.25) is 14.4 Å². The number of carboxylic acids is 1. The van der Waals surface area contributed by atoms with Crippen LogP contribution in [0.4, 0.5) is 0 Å². The van der Waals surface area contributed by atoms with Crippen molar-refractivity contribution in [1.82, 2.24) is 5.32 Å². The number of carboxylic acid groups (broad SMARTS) is 1. The molecule has 0 aromatic heterocycles. The summed E-state index contributed by atoms with van der Waals surface area (Å²) < 4.78 is 0. The number of ketones is 2. The van der Waals surface area contributed by atoms with Gasteiger partial charge in [0, 0.05) is 6.08 Å². The molecule has 0 aliphatic heterocycles. The molecule has 0 unspecified atom stereocenters. The van der Waals surface area contributed by atoms with E-state index in [9.17, 15) is 19.5 Å². The Morgan fingerprint density at radius 2 is 2.10 bits per heavy atom. The summed E-state index contributed by atoms with van der Waals surface area (Å²) in [6.45, 7) is 10.3. The van der Waals surface area contributed by atoms with Crippen LogP contribution in [0.1, 0.15) is 59.3 Å². The Hall–Kier alpha value is -2.63. The first-order valence-electron chi connectivity index (χ1n) is 10.1. The first kappa shape index (κ1) is 22.7. The predicted molar refractivity (Wildman–Crippen MR) is 111 cm³/mol. The molecule has 0 amide bonds. The molecule has 0 spiro atoms. The number of hydrogen-bond donors (Lipinski definition) is 3. The van der Waals surface area contributed by atoms with Gasteiger partial charge >= 0.3 is 5.97 Å². The van der Waals surface area contributed by atoms with Gasteiger partial charge in [0.1, 0.15) is 12.3 Å². The smallest absolute Gasteiger partial charge is 0.322 e. The van der Waals surface area contributed by atoms with E-state index in [2.05, 4.69) is 25.7 Å². The summed E-state index contributed by atoms with van der Waals surface area (Å²) in [4.78, 5) is 34.8. The highest BCUT2D eigenvalue weighted by Gasteiger charge is 2.33. The van der Waals surface area contributed by atoms with Crippen molar-refractivity contribution < 1.29 is 24.6 Å². The first-order chi connectivity index (χ1) is 13.5. The zero-order valence-electron chi connectivity index (χ0n) is 17.5. The summed E-state index contributed by atoms with van der Waals surface area (Å²) in [6.07, 6.45) is 8.27. The summed E-state index contributed by atoms with van der Waals surface area (Å²) in [5.41, 5.74) is 2.46. The largest absolute Gasteiger partial charge is 0.505 e. The maximum absolute atomic E-state index is 12.2. The van der Waals surface area contributed by atoms with E-state index in [-0.39, 0.29) is 28.9 Å². The lowest BCUT2D eigenvalue weighted by Gasteiger charge is -2.40. The number of aliphatic hydroxyl groups is 1. The number of Topliss-reactive ketones (excluding diaryl/α,β-unsaturated/α-hetero) is 1. The molecule has 0 bridgehead atoms. The van der Waals surface area contributed by atoms with E-state index in [4.69, 9.17) is 5.11 Å². The Kier molecular flexibility index (Phi) is 7.22. The monoisotopic (exact) mass is 401 g/mol. The van der Waals surface area contributed by atoms with Crippen LogP contribution in [-0.4, -0.2) is 34.3 Å². The Morgan fingerprint density at radius 1 is 1.41 bits per heavy atom. The fourth-order valence-electron chi connectivity index (χ4n) is 4.04. The summed E-state index contributed by atoms with van der Waals surface area (Å²) in [6, 6.07) is 0. The van der Waals surface area contributed by atoms with Crippen molar-refractivity contribution in [2.75, 3.05) is 6.54 Å². The summed E-state index contributed by atoms with van der Waals surface area (Å²) >= 11 is 0. The molecule has 2 rings (SSSR count). The Bertz CT molecular complexity index is 817. The molecule has 1 fully saturated rings. The van der Waals surface area contributed by atoms with E-state index < -0.39 is 24.1 Å². The molecule has 29 heavy (non-hydrogen) atoms. The van der Waals surface area contributed by atoms with E-state index in [0.717, 1.165) is 30.9 Å². The maximum Gasteiger partial charge on any atom is 0.322 e. The van der Waals surface area contributed by atoms with Crippen molar-refractivity contribution in [3.05, 3.63) is 46.9 Å². The third-order valence-electron chi connectivity index (χ3n) is 6.21. The number of hydrogen-bond acceptors (Lipinski definition) is 5. The van der Waals surface area contributed by atoms with Gasteiger partial charge in [-0.05, 0) is 50.4 Å². The lowest BCUT2D eigenvalue weighted by Crippen LogP contribution is -2.30. The minimum absolute atomic E-state index is 0.00773. The van der Waals surface area contributed by atoms with Gasteiger partial charge in [-0.25, -0.2) is 0 Å². The fourth-order valence-corrected chi connectivity index (χ4v) is 4.04. The van der Waals surface area contributed by atoms with Gasteiger partial charge in [-0.1, -0.05) is 44.1 Å². The SMILES string of the molecule is C=C1[C@H](C)CCC[C@]1(C)CC/C(C)=C/CC1=C(O)C(NCC(=O)O)=CC(=O)C1=O. The third-order valence-corrected chi connectivity index (χ3v) is 6.21. The lowest BCUT2D eigenvalue weighted by atomic mass is 9.65. The minimum atomic E-state index is -1.13. The maximum atomic E-state index is 12.2. The van der Waals surface area contributed by atoms with E-state index in [1.807, 2.05) is 13.0 Å². The van der Waals surface area contributed by atoms with Crippen LogP contribution in [0.15, 0.2) is 46.9 Å². The topological polar surface area (TPSA) is 104 Å². The van der Waals surface area contributed by atoms with Crippen molar-refractivity contribution >= 4 is 17.5 Å². The molecule has 1 saturated carbocycles. The first-order valence-corrected chi connectivity index (χ1v) is 10.1. The fraction of sp³-hybridized carbons (Fsp3) is 0.522. The average Bonchev–Trinajstić information content (AvgIpc) is 2.66. The van der Waals surface area contributed by atoms with Crippen LogP contribution in [0.2, 0.25) is 0 Å². The van der Waals surface area contributed by atoms with Crippen LogP contribution < -0.4 is 5.32 Å². The molecule has 2 atom stereocenters. The number of allylic oxidation sites excluding steroid dienone is 5. The minimum Gasteiger partial charge on any atom is -0.505 e. The Morgan fingerprint density at radius 3 is 2.76 bits per heavy atom. The molecule has 0 saturated heterocycles. The Balaban J connectivity index is 2.06. The standard InChI is InChI=1S/C23H31NO5/c1-14(9-11-23(4)10-5-6-15(2)16(23)3)7-8-17-21(28)18(24-13-20(26)27)12-19(25)22(17)29/h7,12,15,24,28H,3,5-6,8-11,13H2,1-2,4H3,(H,26,27)/b14-7+/t15-,23-/m1/s1. The lowest BCUT2D eigenvalue weighted by molar-refractivity contribution is -0.135. The second-order valence-corrected chi connectivity index (χ2v) is 8.46. The molecule has 158 valence electrons. The molecule has 6 heteroatoms. The van der Waals surface area contributed by atoms with Gasteiger partial charge in [-0.15, -0.1) is 0 Å². The molecule has 0 heterocycles. The van der Waals surface area contributed by atoms with Crippen molar-refractivity contribution in [3.63, 3.8) is 0 Å². The van der Waals surface area contributed by atoms with Crippen LogP contribution >= 0.6 is 0 Å². The highest BCUT2D eigenvalue weighted by molar-refractivity contribution is 6.48. The van der Waals surface area contributed by atoms with Crippen LogP contribution in [-0.2, 0) is 14.4 Å². The van der Waals surface area contributed by atoms with Gasteiger partial charge in [0.25, 0.3) is 0 Å². The number of rotatable bonds is 8. The number of aliphatic carboxylic acids is 1. The van der Waals surface area contributed by atoms with Crippen molar-refractivity contribution in [1.29, 1.82) is 0 Å². The Labute approximate surface area is 172 Å². The summed E-state index contributed by atoms with van der Waals surface area (Å²) in [5, 5.41) is 21.6. The van der Waals surface area contributed by atoms with Gasteiger partial charge in [0.15, 0.2) is 0 Å². The highest BCUT2D eigenvalue weighted by atomic mass is 16.4. The van der Waals surface area contributed by atoms with Crippen molar-refractivity contribution in [3.8, 4) is 0 Å². The predicted octanol–water partition coefficient (Wildman–Crippen LogP) is 4.01. The quantitative estimate of drug-likeness (QED) is 0.323. The molecular weight excluding hydrogens is 370 g/mol. The van der Waals surface area contributed by atoms with E-state index >= 15 is 0 Å². The summed E-state index contributed by atoms with van der Waals surface area (Å²) in [7, 11) is 0. The van der Waals surface area contributed by atoms with Crippen LogP contribution in [0.25, 0.3) is 0 Å². The molecule has 0 aromatic rings. The van der Waals surface area contributed by atoms with Crippen LogP contribution in [0.3, 0.4) is 0 Å². The normalized spacial score (nSPS) is 25.9. The molecule has 2 aliphatic carbocycles. The van der Waals surface area contributed by atoms with Crippen LogP contribution in [0.5, 0.6) is 0 Å².